The molecule has 1 fully saturated rings. The Balaban J connectivity index is 3.21. The number of likely N-dealkylation sites (tertiary alicyclic amines) is 1. The largest absolute Gasteiger partial charge is 0.481 e. The van der Waals surface area contributed by atoms with Gasteiger partial charge in [0.25, 0.3) is 0 Å². The van der Waals surface area contributed by atoms with Gasteiger partial charge in [-0.15, -0.1) is 0 Å². The van der Waals surface area contributed by atoms with Crippen LogP contribution in [0.15, 0.2) is 0 Å². The molecule has 74 heavy (non-hydrogen) atoms. The van der Waals surface area contributed by atoms with Crippen molar-refractivity contribution in [1.82, 2.24) is 52.8 Å². The fourth-order valence-electron chi connectivity index (χ4n) is 7.28. The number of aliphatic hydroxyl groups excluding tert-OH is 2. The van der Waals surface area contributed by atoms with Gasteiger partial charge in [-0.05, 0) is 75.7 Å². The van der Waals surface area contributed by atoms with Crippen LogP contribution in [0.2, 0.25) is 0 Å². The summed E-state index contributed by atoms with van der Waals surface area (Å²) >= 11 is 5.48. The van der Waals surface area contributed by atoms with Gasteiger partial charge in [0.15, 0.2) is 5.96 Å². The second-order valence-corrected chi connectivity index (χ2v) is 19.7. The second-order valence-electron chi connectivity index (χ2n) is 18.3. The molecular weight excluding hydrogens is 1010 g/mol. The Morgan fingerprint density at radius 2 is 1.20 bits per heavy atom. The normalized spacial score (nSPS) is 16.9. The van der Waals surface area contributed by atoms with Gasteiger partial charge in [-0.25, -0.2) is 0 Å². The van der Waals surface area contributed by atoms with Gasteiger partial charge < -0.3 is 84.6 Å². The molecule has 18 N–H and O–H groups in total. The number of rotatable bonds is 34. The van der Waals surface area contributed by atoms with Crippen molar-refractivity contribution in [1.29, 1.82) is 5.41 Å². The van der Waals surface area contributed by atoms with Crippen molar-refractivity contribution in [2.24, 2.45) is 23.3 Å². The summed E-state index contributed by atoms with van der Waals surface area (Å²) in [5.41, 5.74) is 11.1. The Morgan fingerprint density at radius 3 is 1.73 bits per heavy atom. The number of nitrogens with zero attached hydrogens (tertiary/aromatic N) is 1. The Bertz CT molecular complexity index is 1970. The molecule has 0 saturated carbocycles. The zero-order valence-corrected chi connectivity index (χ0v) is 44.3. The molecular formula is C44H77N13O15S2. The Hall–Kier alpha value is -5.98. The summed E-state index contributed by atoms with van der Waals surface area (Å²) in [7, 11) is 0. The van der Waals surface area contributed by atoms with Crippen molar-refractivity contribution in [2.75, 3.05) is 44.1 Å². The molecule has 0 spiro atoms. The van der Waals surface area contributed by atoms with Crippen molar-refractivity contribution in [2.45, 2.75) is 146 Å². The van der Waals surface area contributed by atoms with Crippen LogP contribution in [-0.2, 0) is 52.7 Å². The summed E-state index contributed by atoms with van der Waals surface area (Å²) in [4.78, 5) is 145. The topological polar surface area (TPSA) is 456 Å². The van der Waals surface area contributed by atoms with E-state index in [9.17, 15) is 73.2 Å². The van der Waals surface area contributed by atoms with Crippen molar-refractivity contribution >= 4 is 95.5 Å². The monoisotopic (exact) mass is 1090 g/mol. The molecule has 10 atom stereocenters. The number of hydrogen-bond acceptors (Lipinski definition) is 17. The molecule has 0 aromatic carbocycles. The molecule has 0 unspecified atom stereocenters. The first kappa shape index (κ1) is 66.0. The van der Waals surface area contributed by atoms with Gasteiger partial charge >= 0.3 is 11.9 Å². The number of nitrogens with two attached hydrogens (primary N) is 2. The number of carboxylic acid groups (broad SMARTS) is 2. The number of nitrogens with one attached hydrogen (secondary N) is 10. The molecule has 0 aromatic rings. The van der Waals surface area contributed by atoms with E-state index in [4.69, 9.17) is 16.9 Å². The van der Waals surface area contributed by atoms with Gasteiger partial charge in [0, 0.05) is 25.3 Å². The minimum Gasteiger partial charge on any atom is -0.481 e. The minimum absolute atomic E-state index is 0.00961. The van der Waals surface area contributed by atoms with Gasteiger partial charge in [-0.3, -0.25) is 58.1 Å². The van der Waals surface area contributed by atoms with Crippen LogP contribution in [0.1, 0.15) is 86.0 Å². The molecule has 1 saturated heterocycles. The summed E-state index contributed by atoms with van der Waals surface area (Å²) in [6, 6.07) is -13.7. The van der Waals surface area contributed by atoms with Gasteiger partial charge in [0.05, 0.1) is 19.3 Å². The summed E-state index contributed by atoms with van der Waals surface area (Å²) in [6.07, 6.45) is 1.74. The van der Waals surface area contributed by atoms with E-state index in [1.807, 2.05) is 0 Å². The zero-order valence-electron chi connectivity index (χ0n) is 42.6. The highest BCUT2D eigenvalue weighted by Crippen LogP contribution is 2.21. The van der Waals surface area contributed by atoms with Gasteiger partial charge in [-0.2, -0.15) is 24.4 Å². The quantitative estimate of drug-likeness (QED) is 0.0124. The molecule has 1 rings (SSSR count). The van der Waals surface area contributed by atoms with Gasteiger partial charge in [0.1, 0.15) is 54.4 Å². The van der Waals surface area contributed by atoms with Crippen LogP contribution in [0.4, 0.5) is 0 Å². The fourth-order valence-corrected chi connectivity index (χ4v) is 8.01. The second kappa shape index (κ2) is 33.8. The number of aliphatic hydroxyl groups is 2. The third kappa shape index (κ3) is 23.1. The third-order valence-electron chi connectivity index (χ3n) is 11.5. The van der Waals surface area contributed by atoms with Crippen LogP contribution in [0.3, 0.4) is 0 Å². The molecule has 9 amide bonds. The number of guanidine groups is 1. The van der Waals surface area contributed by atoms with Crippen molar-refractivity contribution in [3.05, 3.63) is 0 Å². The summed E-state index contributed by atoms with van der Waals surface area (Å²) < 4.78 is 0. The predicted octanol–water partition coefficient (Wildman–Crippen LogP) is -5.21. The predicted molar refractivity (Wildman–Crippen MR) is 273 cm³/mol. The molecule has 0 radical (unpaired) electrons. The SMILES string of the molecule is CSCC[C@H](NC(=O)[C@H](CC(C)C)NC(=O)[C@H](CS)NC(=O)[C@H](CO)NC(=O)[C@@H](N)CCCNC(=N)N)C(=O)N[C@@H](CO)C(=O)N[C@H](C(=O)N[C@@H](CCC(=O)O)C(=O)N1CCC[C@H]1C(=O)N[C@@H](C)C(=O)O)C(C)C. The van der Waals surface area contributed by atoms with Crippen molar-refractivity contribution in [3.8, 4) is 0 Å². The number of thiol groups is 1. The molecule has 0 aliphatic carbocycles. The maximum Gasteiger partial charge on any atom is 0.325 e. The number of amides is 9. The Kier molecular flexibility index (Phi) is 30.1. The number of aliphatic carboxylic acids is 2. The van der Waals surface area contributed by atoms with Crippen LogP contribution in [0.5, 0.6) is 0 Å². The van der Waals surface area contributed by atoms with E-state index in [2.05, 4.69) is 60.5 Å². The standard InChI is InChI=1S/C44H77N13O15S2/c1-21(2)17-27(52-39(67)30(20-73)55-37(65)28(18-58)53-34(62)24(45)9-7-14-48-44(46)47)36(64)50-25(13-16-74-6)35(63)54-29(19-59)38(66)56-33(22(3)4)41(69)51-26(11-12-32(60)61)42(70)57-15-8-10-31(57)40(68)49-23(5)43(71)72/h21-31,33,58-59,73H,7-20,45H2,1-6H3,(H,49,68)(H,50,64)(H,51,69)(H,52,67)(H,53,62)(H,54,63)(H,55,65)(H,56,66)(H,60,61)(H,71,72)(H4,46,47,48)/t23-,24-,25-,26-,27-,28-,29-,30-,31-,33-/m0/s1. The highest BCUT2D eigenvalue weighted by molar-refractivity contribution is 7.98. The molecule has 1 heterocycles. The number of carbonyl (C=O) groups excluding carboxylic acids is 9. The first-order chi connectivity index (χ1) is 34.7. The highest BCUT2D eigenvalue weighted by atomic mass is 32.2. The first-order valence-electron chi connectivity index (χ1n) is 24.1. The van der Waals surface area contributed by atoms with Crippen molar-refractivity contribution in [3.63, 3.8) is 0 Å². The summed E-state index contributed by atoms with van der Waals surface area (Å²) in [5.74, 6) is -11.8. The highest BCUT2D eigenvalue weighted by Gasteiger charge is 2.40. The van der Waals surface area contributed by atoms with E-state index >= 15 is 0 Å². The van der Waals surface area contributed by atoms with Crippen LogP contribution in [0.25, 0.3) is 0 Å². The maximum absolute atomic E-state index is 13.9. The van der Waals surface area contributed by atoms with Crippen LogP contribution in [-0.4, -0.2) is 201 Å². The lowest BCUT2D eigenvalue weighted by molar-refractivity contribution is -0.145. The summed E-state index contributed by atoms with van der Waals surface area (Å²) in [6.45, 7) is 6.24. The number of carboxylic acids is 2. The third-order valence-corrected chi connectivity index (χ3v) is 12.5. The van der Waals surface area contributed by atoms with E-state index in [1.165, 1.54) is 32.5 Å². The fraction of sp³-hybridized carbons (Fsp3) is 0.727. The number of hydrogen-bond donors (Lipinski definition) is 17. The Morgan fingerprint density at radius 1 is 0.689 bits per heavy atom. The lowest BCUT2D eigenvalue weighted by Crippen LogP contribution is -2.62. The van der Waals surface area contributed by atoms with E-state index in [0.717, 1.165) is 4.90 Å². The molecule has 28 nitrogen and oxygen atoms in total. The van der Waals surface area contributed by atoms with E-state index < -0.39 is 157 Å². The lowest BCUT2D eigenvalue weighted by Gasteiger charge is -2.31. The minimum atomic E-state index is -1.71. The molecule has 1 aliphatic heterocycles. The Labute approximate surface area is 439 Å². The van der Waals surface area contributed by atoms with Gasteiger partial charge in [-0.1, -0.05) is 27.7 Å². The average Bonchev–Trinajstić information content (AvgIpc) is 3.83. The van der Waals surface area contributed by atoms with E-state index in [1.54, 1.807) is 20.1 Å². The van der Waals surface area contributed by atoms with E-state index in [0.29, 0.717) is 18.6 Å². The molecule has 30 heteroatoms. The lowest BCUT2D eigenvalue weighted by atomic mass is 10.0. The smallest absolute Gasteiger partial charge is 0.325 e. The van der Waals surface area contributed by atoms with Gasteiger partial charge in [0.2, 0.25) is 53.2 Å². The van der Waals surface area contributed by atoms with E-state index in [-0.39, 0.29) is 56.4 Å². The average molecular weight is 1090 g/mol. The number of thioether (sulfide) groups is 1. The summed E-state index contributed by atoms with van der Waals surface area (Å²) in [5, 5.41) is 68.1. The number of carbonyl (C=O) groups is 11. The molecule has 420 valence electrons. The van der Waals surface area contributed by atoms with Crippen LogP contribution in [0, 0.1) is 17.2 Å². The molecule has 1 aliphatic rings. The first-order valence-corrected chi connectivity index (χ1v) is 26.1. The molecule has 0 bridgehead atoms. The van der Waals surface area contributed by atoms with Crippen LogP contribution < -0.4 is 59.3 Å². The van der Waals surface area contributed by atoms with Crippen molar-refractivity contribution < 1.29 is 73.2 Å². The maximum atomic E-state index is 13.9. The zero-order chi connectivity index (χ0) is 56.4. The van der Waals surface area contributed by atoms with Crippen LogP contribution >= 0.6 is 24.4 Å². The molecule has 0 aromatic heterocycles.